The van der Waals surface area contributed by atoms with Crippen molar-refractivity contribution >= 4 is 22.9 Å². The summed E-state index contributed by atoms with van der Waals surface area (Å²) in [5.74, 6) is 1.10. The second kappa shape index (κ2) is 8.52. The SMILES string of the molecule is COc1ccccc1N1CCN(C(=O)C[C@@H](c2cccs2)n2cccc2)CC1. The van der Waals surface area contributed by atoms with Gasteiger partial charge < -0.3 is 19.1 Å². The van der Waals surface area contributed by atoms with Crippen LogP contribution in [-0.4, -0.2) is 48.7 Å². The molecule has 0 N–H and O–H groups in total. The quantitative estimate of drug-likeness (QED) is 0.636. The maximum Gasteiger partial charge on any atom is 0.225 e. The molecule has 6 heteroatoms. The molecular formula is C22H25N3O2S. The number of carbonyl (C=O) groups excluding carboxylic acids is 1. The number of rotatable bonds is 6. The van der Waals surface area contributed by atoms with Crippen LogP contribution in [0.4, 0.5) is 5.69 Å². The molecule has 3 heterocycles. The Labute approximate surface area is 169 Å². The average Bonchev–Trinajstić information content (AvgIpc) is 3.46. The van der Waals surface area contributed by atoms with E-state index in [4.69, 9.17) is 4.74 Å². The second-order valence-corrected chi connectivity index (χ2v) is 7.88. The van der Waals surface area contributed by atoms with Crippen molar-refractivity contribution in [1.29, 1.82) is 0 Å². The molecule has 3 aromatic rings. The third-order valence-corrected chi connectivity index (χ3v) is 6.26. The summed E-state index contributed by atoms with van der Waals surface area (Å²) in [6.45, 7) is 3.11. The molecule has 0 saturated carbocycles. The zero-order valence-corrected chi connectivity index (χ0v) is 16.8. The summed E-state index contributed by atoms with van der Waals surface area (Å²) in [6.07, 6.45) is 4.57. The monoisotopic (exact) mass is 395 g/mol. The van der Waals surface area contributed by atoms with E-state index in [-0.39, 0.29) is 11.9 Å². The number of para-hydroxylation sites is 2. The van der Waals surface area contributed by atoms with Crippen LogP contribution in [-0.2, 0) is 4.79 Å². The van der Waals surface area contributed by atoms with Gasteiger partial charge in [-0.25, -0.2) is 0 Å². The van der Waals surface area contributed by atoms with Gasteiger partial charge in [0, 0.05) is 43.4 Å². The lowest BCUT2D eigenvalue weighted by atomic mass is 10.1. The normalized spacial score (nSPS) is 15.5. The highest BCUT2D eigenvalue weighted by atomic mass is 32.1. The standard InChI is InChI=1S/C22H25N3O2S/c1-27-20-8-3-2-7-18(20)24-12-14-25(15-13-24)22(26)17-19(21-9-6-16-28-21)23-10-4-5-11-23/h2-11,16,19H,12-15,17H2,1H3/t19-/m0/s1. The van der Waals surface area contributed by atoms with Gasteiger partial charge in [0.1, 0.15) is 5.75 Å². The number of carbonyl (C=O) groups is 1. The summed E-state index contributed by atoms with van der Waals surface area (Å²) < 4.78 is 7.62. The lowest BCUT2D eigenvalue weighted by Gasteiger charge is -2.37. The number of hydrogen-bond donors (Lipinski definition) is 0. The Bertz CT molecular complexity index is 850. The fourth-order valence-electron chi connectivity index (χ4n) is 3.77. The molecular weight excluding hydrogens is 370 g/mol. The Morgan fingerprint density at radius 1 is 1.04 bits per heavy atom. The number of nitrogens with zero attached hydrogens (tertiary/aromatic N) is 3. The molecule has 1 aliphatic heterocycles. The maximum atomic E-state index is 13.0. The Morgan fingerprint density at radius 3 is 2.46 bits per heavy atom. The first-order valence-corrected chi connectivity index (χ1v) is 10.5. The molecule has 1 amide bonds. The number of hydrogen-bond acceptors (Lipinski definition) is 4. The van der Waals surface area contributed by atoms with Crippen molar-refractivity contribution in [1.82, 2.24) is 9.47 Å². The first kappa shape index (κ1) is 18.6. The van der Waals surface area contributed by atoms with E-state index < -0.39 is 0 Å². The van der Waals surface area contributed by atoms with Gasteiger partial charge in [-0.3, -0.25) is 4.79 Å². The van der Waals surface area contributed by atoms with Crippen LogP contribution in [0.2, 0.25) is 0 Å². The Morgan fingerprint density at radius 2 is 1.79 bits per heavy atom. The molecule has 1 atom stereocenters. The van der Waals surface area contributed by atoms with Crippen molar-refractivity contribution in [2.24, 2.45) is 0 Å². The lowest BCUT2D eigenvalue weighted by Crippen LogP contribution is -2.49. The fraction of sp³-hybridized carbons (Fsp3) is 0.318. The fourth-order valence-corrected chi connectivity index (χ4v) is 4.61. The number of benzene rings is 1. The minimum Gasteiger partial charge on any atom is -0.495 e. The Hall–Kier alpha value is -2.73. The number of piperazine rings is 1. The van der Waals surface area contributed by atoms with E-state index >= 15 is 0 Å². The van der Waals surface area contributed by atoms with Gasteiger partial charge in [-0.1, -0.05) is 18.2 Å². The molecule has 1 saturated heterocycles. The molecule has 0 spiro atoms. The summed E-state index contributed by atoms with van der Waals surface area (Å²) in [5.41, 5.74) is 1.10. The summed E-state index contributed by atoms with van der Waals surface area (Å²) in [5, 5.41) is 2.07. The Kier molecular flexibility index (Phi) is 5.67. The topological polar surface area (TPSA) is 37.7 Å². The number of aromatic nitrogens is 1. The molecule has 0 unspecified atom stereocenters. The molecule has 4 rings (SSSR count). The van der Waals surface area contributed by atoms with Crippen LogP contribution in [0.5, 0.6) is 5.75 Å². The van der Waals surface area contributed by atoms with Gasteiger partial charge in [0.15, 0.2) is 0 Å². The van der Waals surface area contributed by atoms with Crippen LogP contribution < -0.4 is 9.64 Å². The van der Waals surface area contributed by atoms with Gasteiger partial charge in [-0.2, -0.15) is 0 Å². The second-order valence-electron chi connectivity index (χ2n) is 6.91. The third kappa shape index (κ3) is 3.92. The van der Waals surface area contributed by atoms with Crippen LogP contribution in [0, 0.1) is 0 Å². The van der Waals surface area contributed by atoms with E-state index in [0.29, 0.717) is 6.42 Å². The van der Waals surface area contributed by atoms with Gasteiger partial charge >= 0.3 is 0 Å². The van der Waals surface area contributed by atoms with Crippen molar-refractivity contribution < 1.29 is 9.53 Å². The molecule has 0 aliphatic carbocycles. The molecule has 1 fully saturated rings. The summed E-state index contributed by atoms with van der Waals surface area (Å²) in [6, 6.07) is 16.3. The molecule has 28 heavy (non-hydrogen) atoms. The van der Waals surface area contributed by atoms with Crippen molar-refractivity contribution in [3.63, 3.8) is 0 Å². The van der Waals surface area contributed by atoms with E-state index in [9.17, 15) is 4.79 Å². The van der Waals surface area contributed by atoms with Gasteiger partial charge in [0.2, 0.25) is 5.91 Å². The van der Waals surface area contributed by atoms with E-state index in [1.807, 2.05) is 53.7 Å². The van der Waals surface area contributed by atoms with E-state index in [1.54, 1.807) is 18.4 Å². The van der Waals surface area contributed by atoms with Crippen LogP contribution in [0.25, 0.3) is 0 Å². The van der Waals surface area contributed by atoms with Crippen LogP contribution in [0.15, 0.2) is 66.3 Å². The number of methoxy groups -OCH3 is 1. The largest absolute Gasteiger partial charge is 0.495 e. The molecule has 0 bridgehead atoms. The summed E-state index contributed by atoms with van der Waals surface area (Å²) in [7, 11) is 1.70. The third-order valence-electron chi connectivity index (χ3n) is 5.29. The van der Waals surface area contributed by atoms with Crippen molar-refractivity contribution in [3.8, 4) is 5.75 Å². The van der Waals surface area contributed by atoms with Crippen molar-refractivity contribution in [2.75, 3.05) is 38.2 Å². The highest BCUT2D eigenvalue weighted by molar-refractivity contribution is 7.10. The summed E-state index contributed by atoms with van der Waals surface area (Å²) >= 11 is 1.71. The molecule has 2 aromatic heterocycles. The van der Waals surface area contributed by atoms with Crippen LogP contribution in [0.1, 0.15) is 17.3 Å². The number of ether oxygens (including phenoxy) is 1. The first-order valence-electron chi connectivity index (χ1n) is 9.58. The highest BCUT2D eigenvalue weighted by Crippen LogP contribution is 2.30. The number of amides is 1. The van der Waals surface area contributed by atoms with Crippen molar-refractivity contribution in [2.45, 2.75) is 12.5 Å². The van der Waals surface area contributed by atoms with Gasteiger partial charge in [0.25, 0.3) is 0 Å². The minimum absolute atomic E-state index is 0.0646. The predicted octanol–water partition coefficient (Wildman–Crippen LogP) is 3.89. The minimum atomic E-state index is 0.0646. The zero-order chi connectivity index (χ0) is 19.3. The van der Waals surface area contributed by atoms with Crippen LogP contribution in [0.3, 0.4) is 0 Å². The first-order chi connectivity index (χ1) is 13.8. The number of thiophene rings is 1. The van der Waals surface area contributed by atoms with E-state index in [1.165, 1.54) is 4.88 Å². The molecule has 1 aliphatic rings. The van der Waals surface area contributed by atoms with Gasteiger partial charge in [0.05, 0.1) is 25.3 Å². The van der Waals surface area contributed by atoms with Crippen LogP contribution >= 0.6 is 11.3 Å². The molecule has 146 valence electrons. The maximum absolute atomic E-state index is 13.0. The Balaban J connectivity index is 1.41. The van der Waals surface area contributed by atoms with E-state index in [2.05, 4.69) is 27.0 Å². The van der Waals surface area contributed by atoms with Gasteiger partial charge in [-0.15, -0.1) is 11.3 Å². The van der Waals surface area contributed by atoms with E-state index in [0.717, 1.165) is 37.6 Å². The predicted molar refractivity (Wildman–Crippen MR) is 113 cm³/mol. The molecule has 0 radical (unpaired) electrons. The highest BCUT2D eigenvalue weighted by Gasteiger charge is 2.26. The number of anilines is 1. The van der Waals surface area contributed by atoms with Crippen molar-refractivity contribution in [3.05, 3.63) is 71.2 Å². The van der Waals surface area contributed by atoms with Gasteiger partial charge in [-0.05, 0) is 35.7 Å². The zero-order valence-electron chi connectivity index (χ0n) is 16.0. The molecule has 1 aromatic carbocycles. The lowest BCUT2D eigenvalue weighted by molar-refractivity contribution is -0.132. The smallest absolute Gasteiger partial charge is 0.225 e. The molecule has 5 nitrogen and oxygen atoms in total. The summed E-state index contributed by atoms with van der Waals surface area (Å²) in [4.78, 5) is 18.6. The average molecular weight is 396 g/mol.